The molecule has 41 heavy (non-hydrogen) atoms. The number of fused-ring (bicyclic) bond motifs is 1. The standard InChI is InChI=1S/C31H35N5O5/c1-20(37)22-2-4-23(5-3-22)34-12-10-21(11-13-34)19-33-14-16-35(17-15-33)24-6-7-25-26(18-24)31(41)36(30(25)40)27-8-9-28(38)32-29(27)39/h2-7,18,21,27H,8-17,19H2,1H3,(H,32,38,39). The van der Waals surface area contributed by atoms with Crippen molar-refractivity contribution in [3.05, 3.63) is 59.2 Å². The number of carbonyl (C=O) groups excluding carboxylic acids is 5. The second kappa shape index (κ2) is 11.1. The van der Waals surface area contributed by atoms with E-state index in [0.717, 1.165) is 74.8 Å². The number of amides is 4. The first-order chi connectivity index (χ1) is 19.8. The molecule has 2 aromatic rings. The molecule has 10 heteroatoms. The Hall–Kier alpha value is -4.05. The molecule has 2 aromatic carbocycles. The molecular weight excluding hydrogens is 522 g/mol. The minimum absolute atomic E-state index is 0.0894. The lowest BCUT2D eigenvalue weighted by Crippen LogP contribution is -2.54. The molecule has 0 aromatic heterocycles. The summed E-state index contributed by atoms with van der Waals surface area (Å²) in [4.78, 5) is 69.8. The predicted octanol–water partition coefficient (Wildman–Crippen LogP) is 2.33. The van der Waals surface area contributed by atoms with Crippen LogP contribution >= 0.6 is 0 Å². The molecule has 4 heterocycles. The number of Topliss-reactive ketones (excluding diaryl/α,β-unsaturated/α-hetero) is 1. The second-order valence-electron chi connectivity index (χ2n) is 11.5. The van der Waals surface area contributed by atoms with Crippen molar-refractivity contribution in [2.75, 3.05) is 55.6 Å². The number of benzene rings is 2. The highest BCUT2D eigenvalue weighted by Gasteiger charge is 2.44. The summed E-state index contributed by atoms with van der Waals surface area (Å²) < 4.78 is 0. The number of anilines is 2. The molecule has 0 spiro atoms. The van der Waals surface area contributed by atoms with Crippen molar-refractivity contribution in [1.82, 2.24) is 15.1 Å². The highest BCUT2D eigenvalue weighted by Crippen LogP contribution is 2.31. The van der Waals surface area contributed by atoms with E-state index in [4.69, 9.17) is 0 Å². The molecule has 0 aliphatic carbocycles. The molecule has 6 rings (SSSR count). The number of nitrogens with zero attached hydrogens (tertiary/aromatic N) is 4. The molecule has 214 valence electrons. The van der Waals surface area contributed by atoms with Crippen molar-refractivity contribution in [3.63, 3.8) is 0 Å². The molecule has 4 aliphatic heterocycles. The fourth-order valence-electron chi connectivity index (χ4n) is 6.49. The van der Waals surface area contributed by atoms with Gasteiger partial charge in [-0.3, -0.25) is 39.1 Å². The lowest BCUT2D eigenvalue weighted by Gasteiger charge is -2.40. The van der Waals surface area contributed by atoms with E-state index in [1.165, 1.54) is 5.69 Å². The van der Waals surface area contributed by atoms with E-state index < -0.39 is 23.8 Å². The molecule has 1 unspecified atom stereocenters. The summed E-state index contributed by atoms with van der Waals surface area (Å²) in [5.74, 6) is -1.19. The Morgan fingerprint density at radius 3 is 2.07 bits per heavy atom. The van der Waals surface area contributed by atoms with Crippen molar-refractivity contribution in [3.8, 4) is 0 Å². The van der Waals surface area contributed by atoms with E-state index in [-0.39, 0.29) is 24.5 Å². The van der Waals surface area contributed by atoms with Crippen LogP contribution in [0.4, 0.5) is 11.4 Å². The average Bonchev–Trinajstić information content (AvgIpc) is 3.23. The number of piperidine rings is 2. The summed E-state index contributed by atoms with van der Waals surface area (Å²) in [6, 6.07) is 12.3. The van der Waals surface area contributed by atoms with E-state index in [1.807, 2.05) is 30.3 Å². The maximum absolute atomic E-state index is 13.2. The summed E-state index contributed by atoms with van der Waals surface area (Å²) in [5, 5.41) is 2.24. The minimum atomic E-state index is -0.953. The Bertz CT molecular complexity index is 1390. The zero-order valence-electron chi connectivity index (χ0n) is 23.3. The maximum atomic E-state index is 13.2. The van der Waals surface area contributed by atoms with E-state index in [2.05, 4.69) is 20.0 Å². The number of hydrogen-bond donors (Lipinski definition) is 1. The SMILES string of the molecule is CC(=O)c1ccc(N2CCC(CN3CCN(c4ccc5c(c4)C(=O)N(C4CCC(=O)NC4=O)C5=O)CC3)CC2)cc1. The fourth-order valence-corrected chi connectivity index (χ4v) is 6.49. The predicted molar refractivity (Wildman–Crippen MR) is 153 cm³/mol. The first-order valence-electron chi connectivity index (χ1n) is 14.5. The molecule has 0 radical (unpaired) electrons. The molecule has 4 aliphatic rings. The monoisotopic (exact) mass is 557 g/mol. The zero-order valence-corrected chi connectivity index (χ0v) is 23.3. The van der Waals surface area contributed by atoms with Crippen LogP contribution in [0.3, 0.4) is 0 Å². The van der Waals surface area contributed by atoms with Gasteiger partial charge in [-0.15, -0.1) is 0 Å². The quantitative estimate of drug-likeness (QED) is 0.426. The van der Waals surface area contributed by atoms with Gasteiger partial charge >= 0.3 is 0 Å². The maximum Gasteiger partial charge on any atom is 0.262 e. The Kier molecular flexibility index (Phi) is 7.33. The third kappa shape index (κ3) is 5.36. The third-order valence-corrected chi connectivity index (χ3v) is 8.93. The molecule has 0 saturated carbocycles. The van der Waals surface area contributed by atoms with E-state index >= 15 is 0 Å². The highest BCUT2D eigenvalue weighted by atomic mass is 16.2. The van der Waals surface area contributed by atoms with Gasteiger partial charge in [-0.25, -0.2) is 0 Å². The number of rotatable bonds is 6. The van der Waals surface area contributed by atoms with E-state index in [9.17, 15) is 24.0 Å². The molecular formula is C31H35N5O5. The van der Waals surface area contributed by atoms with Crippen molar-refractivity contribution < 1.29 is 24.0 Å². The molecule has 0 bridgehead atoms. The van der Waals surface area contributed by atoms with Crippen molar-refractivity contribution >= 4 is 40.8 Å². The van der Waals surface area contributed by atoms with E-state index in [0.29, 0.717) is 17.0 Å². The number of imide groups is 2. The second-order valence-corrected chi connectivity index (χ2v) is 11.5. The molecule has 10 nitrogen and oxygen atoms in total. The lowest BCUT2D eigenvalue weighted by molar-refractivity contribution is -0.136. The number of carbonyl (C=O) groups is 5. The minimum Gasteiger partial charge on any atom is -0.372 e. The van der Waals surface area contributed by atoms with Crippen molar-refractivity contribution in [2.24, 2.45) is 5.92 Å². The van der Waals surface area contributed by atoms with Gasteiger partial charge in [0.1, 0.15) is 6.04 Å². The fraction of sp³-hybridized carbons (Fsp3) is 0.452. The van der Waals surface area contributed by atoms with Crippen LogP contribution in [0.2, 0.25) is 0 Å². The third-order valence-electron chi connectivity index (χ3n) is 8.93. The number of piperazine rings is 1. The summed E-state index contributed by atoms with van der Waals surface area (Å²) in [6.07, 6.45) is 2.53. The summed E-state index contributed by atoms with van der Waals surface area (Å²) in [6.45, 7) is 8.22. The van der Waals surface area contributed by atoms with Gasteiger partial charge < -0.3 is 9.80 Å². The molecule has 1 atom stereocenters. The number of ketones is 1. The summed E-state index contributed by atoms with van der Waals surface area (Å²) >= 11 is 0. The van der Waals surface area contributed by atoms with Gasteiger partial charge in [0.25, 0.3) is 11.8 Å². The highest BCUT2D eigenvalue weighted by molar-refractivity contribution is 6.23. The van der Waals surface area contributed by atoms with Crippen molar-refractivity contribution in [2.45, 2.75) is 38.6 Å². The Balaban J connectivity index is 1.01. The number of nitrogens with one attached hydrogen (secondary N) is 1. The van der Waals surface area contributed by atoms with Crippen LogP contribution in [0.5, 0.6) is 0 Å². The van der Waals surface area contributed by atoms with Crippen LogP contribution < -0.4 is 15.1 Å². The van der Waals surface area contributed by atoms with Crippen LogP contribution in [-0.4, -0.2) is 91.1 Å². The van der Waals surface area contributed by atoms with Gasteiger partial charge in [-0.05, 0) is 74.6 Å². The van der Waals surface area contributed by atoms with Crippen LogP contribution in [0.25, 0.3) is 0 Å². The summed E-state index contributed by atoms with van der Waals surface area (Å²) in [7, 11) is 0. The zero-order chi connectivity index (χ0) is 28.7. The van der Waals surface area contributed by atoms with E-state index in [1.54, 1.807) is 19.1 Å². The molecule has 1 N–H and O–H groups in total. The average molecular weight is 558 g/mol. The molecule has 4 amide bonds. The lowest BCUT2D eigenvalue weighted by atomic mass is 9.95. The first-order valence-corrected chi connectivity index (χ1v) is 14.5. The Morgan fingerprint density at radius 1 is 0.780 bits per heavy atom. The topological polar surface area (TPSA) is 110 Å². The van der Waals surface area contributed by atoms with Crippen molar-refractivity contribution in [1.29, 1.82) is 0 Å². The van der Waals surface area contributed by atoms with Crippen LogP contribution in [0.1, 0.15) is 63.7 Å². The van der Waals surface area contributed by atoms with Gasteiger partial charge in [0.2, 0.25) is 11.8 Å². The molecule has 3 saturated heterocycles. The van der Waals surface area contributed by atoms with Gasteiger partial charge in [0.05, 0.1) is 11.1 Å². The largest absolute Gasteiger partial charge is 0.372 e. The van der Waals surface area contributed by atoms with Crippen LogP contribution in [0.15, 0.2) is 42.5 Å². The van der Waals surface area contributed by atoms with Crippen LogP contribution in [0, 0.1) is 5.92 Å². The van der Waals surface area contributed by atoms with Gasteiger partial charge in [0.15, 0.2) is 5.78 Å². The molecule has 3 fully saturated rings. The van der Waals surface area contributed by atoms with Gasteiger partial charge in [-0.2, -0.15) is 0 Å². The summed E-state index contributed by atoms with van der Waals surface area (Å²) in [5.41, 5.74) is 3.46. The first kappa shape index (κ1) is 27.1. The smallest absolute Gasteiger partial charge is 0.262 e. The Morgan fingerprint density at radius 2 is 1.41 bits per heavy atom. The van der Waals surface area contributed by atoms with Gasteiger partial charge in [-0.1, -0.05) is 0 Å². The Labute approximate surface area is 239 Å². The normalized spacial score (nSPS) is 22.3. The van der Waals surface area contributed by atoms with Crippen LogP contribution in [-0.2, 0) is 9.59 Å². The number of hydrogen-bond acceptors (Lipinski definition) is 8. The van der Waals surface area contributed by atoms with Gasteiger partial charge in [0, 0.05) is 69.2 Å².